The fraction of sp³-hybridized carbons (Fsp3) is 0.625. The van der Waals surface area contributed by atoms with Crippen LogP contribution in [0.3, 0.4) is 0 Å². The first-order valence-corrected chi connectivity index (χ1v) is 8.79. The molecular formula is C16H27NO3S. The van der Waals surface area contributed by atoms with Gasteiger partial charge in [-0.05, 0) is 42.4 Å². The quantitative estimate of drug-likeness (QED) is 0.848. The van der Waals surface area contributed by atoms with Crippen LogP contribution in [0, 0.1) is 5.92 Å². The van der Waals surface area contributed by atoms with E-state index in [9.17, 15) is 13.5 Å². The lowest BCUT2D eigenvalue weighted by atomic mass is 9.87. The van der Waals surface area contributed by atoms with Gasteiger partial charge in [-0.3, -0.25) is 0 Å². The van der Waals surface area contributed by atoms with Crippen molar-refractivity contribution in [3.05, 3.63) is 29.8 Å². The number of rotatable bonds is 6. The number of sulfonamides is 1. The molecule has 0 saturated carbocycles. The van der Waals surface area contributed by atoms with Crippen molar-refractivity contribution < 1.29 is 13.5 Å². The fourth-order valence-electron chi connectivity index (χ4n) is 2.14. The largest absolute Gasteiger partial charge is 0.393 e. The molecule has 0 heterocycles. The number of aliphatic hydroxyl groups is 1. The summed E-state index contributed by atoms with van der Waals surface area (Å²) in [5, 5.41) is 9.30. The highest BCUT2D eigenvalue weighted by Crippen LogP contribution is 2.23. The molecule has 0 bridgehead atoms. The van der Waals surface area contributed by atoms with E-state index in [4.69, 9.17) is 0 Å². The molecule has 0 aliphatic rings. The monoisotopic (exact) mass is 313 g/mol. The molecule has 0 spiro atoms. The summed E-state index contributed by atoms with van der Waals surface area (Å²) >= 11 is 0. The third kappa shape index (κ3) is 5.77. The minimum Gasteiger partial charge on any atom is -0.393 e. The second-order valence-electron chi connectivity index (χ2n) is 6.82. The standard InChI is InChI=1S/C16H27NO3S/c1-12(10-13(2)18)11-17-21(19,20)15-8-6-14(7-9-15)16(3,4)5/h6-9,12-13,17-18H,10-11H2,1-5H3. The summed E-state index contributed by atoms with van der Waals surface area (Å²) in [6, 6.07) is 6.99. The Morgan fingerprint density at radius 1 is 1.14 bits per heavy atom. The van der Waals surface area contributed by atoms with Gasteiger partial charge in [-0.15, -0.1) is 0 Å². The topological polar surface area (TPSA) is 66.4 Å². The maximum absolute atomic E-state index is 12.2. The minimum atomic E-state index is -3.49. The summed E-state index contributed by atoms with van der Waals surface area (Å²) in [6.45, 7) is 10.2. The first kappa shape index (κ1) is 18.1. The van der Waals surface area contributed by atoms with Crippen LogP contribution in [-0.2, 0) is 15.4 Å². The van der Waals surface area contributed by atoms with Crippen molar-refractivity contribution >= 4 is 10.0 Å². The lowest BCUT2D eigenvalue weighted by Gasteiger charge is -2.19. The number of hydrogen-bond acceptors (Lipinski definition) is 3. The molecule has 21 heavy (non-hydrogen) atoms. The van der Waals surface area contributed by atoms with Crippen LogP contribution in [0.25, 0.3) is 0 Å². The maximum Gasteiger partial charge on any atom is 0.240 e. The Kier molecular flexibility index (Phi) is 5.96. The van der Waals surface area contributed by atoms with Crippen LogP contribution in [0.2, 0.25) is 0 Å². The Morgan fingerprint density at radius 2 is 1.67 bits per heavy atom. The first-order chi connectivity index (χ1) is 9.52. The number of aliphatic hydroxyl groups excluding tert-OH is 1. The lowest BCUT2D eigenvalue weighted by molar-refractivity contribution is 0.165. The van der Waals surface area contributed by atoms with Gasteiger partial charge in [0.15, 0.2) is 0 Å². The van der Waals surface area contributed by atoms with E-state index in [-0.39, 0.29) is 16.2 Å². The van der Waals surface area contributed by atoms with Crippen molar-refractivity contribution in [2.75, 3.05) is 6.54 Å². The normalized spacial score (nSPS) is 15.7. The zero-order valence-electron chi connectivity index (χ0n) is 13.6. The van der Waals surface area contributed by atoms with E-state index in [1.54, 1.807) is 19.1 Å². The molecule has 1 rings (SSSR count). The fourth-order valence-corrected chi connectivity index (χ4v) is 3.30. The molecule has 0 amide bonds. The van der Waals surface area contributed by atoms with Crippen molar-refractivity contribution in [1.29, 1.82) is 0 Å². The van der Waals surface area contributed by atoms with Crippen molar-refractivity contribution in [3.8, 4) is 0 Å². The molecule has 0 radical (unpaired) electrons. The molecule has 2 N–H and O–H groups in total. The summed E-state index contributed by atoms with van der Waals surface area (Å²) < 4.78 is 27.0. The lowest BCUT2D eigenvalue weighted by Crippen LogP contribution is -2.29. The number of hydrogen-bond donors (Lipinski definition) is 2. The summed E-state index contributed by atoms with van der Waals surface area (Å²) in [5.41, 5.74) is 1.10. The summed E-state index contributed by atoms with van der Waals surface area (Å²) in [5.74, 6) is 0.0913. The Hall–Kier alpha value is -0.910. The predicted molar refractivity (Wildman–Crippen MR) is 85.8 cm³/mol. The number of benzene rings is 1. The van der Waals surface area contributed by atoms with E-state index in [1.165, 1.54) is 0 Å². The highest BCUT2D eigenvalue weighted by atomic mass is 32.2. The van der Waals surface area contributed by atoms with Gasteiger partial charge in [0.2, 0.25) is 10.0 Å². The van der Waals surface area contributed by atoms with E-state index >= 15 is 0 Å². The van der Waals surface area contributed by atoms with Crippen LogP contribution in [-0.4, -0.2) is 26.2 Å². The van der Waals surface area contributed by atoms with Crippen molar-refractivity contribution in [1.82, 2.24) is 4.72 Å². The van der Waals surface area contributed by atoms with Gasteiger partial charge >= 0.3 is 0 Å². The molecule has 0 aromatic heterocycles. The van der Waals surface area contributed by atoms with Gasteiger partial charge < -0.3 is 5.11 Å². The van der Waals surface area contributed by atoms with Crippen molar-refractivity contribution in [2.24, 2.45) is 5.92 Å². The Balaban J connectivity index is 2.75. The molecule has 1 aromatic rings. The summed E-state index contributed by atoms with van der Waals surface area (Å²) in [6.07, 6.45) is 0.154. The molecule has 0 aliphatic heterocycles. The van der Waals surface area contributed by atoms with Gasteiger partial charge in [0, 0.05) is 6.54 Å². The Labute approximate surface area is 128 Å². The van der Waals surface area contributed by atoms with E-state index in [2.05, 4.69) is 25.5 Å². The molecule has 5 heteroatoms. The molecular weight excluding hydrogens is 286 g/mol. The van der Waals surface area contributed by atoms with Crippen LogP contribution < -0.4 is 4.72 Å². The summed E-state index contributed by atoms with van der Waals surface area (Å²) in [4.78, 5) is 0.278. The second-order valence-corrected chi connectivity index (χ2v) is 8.58. The van der Waals surface area contributed by atoms with Crippen LogP contribution in [0.15, 0.2) is 29.2 Å². The second kappa shape index (κ2) is 6.90. The van der Waals surface area contributed by atoms with E-state index in [1.807, 2.05) is 19.1 Å². The van der Waals surface area contributed by atoms with Gasteiger partial charge in [-0.2, -0.15) is 0 Å². The van der Waals surface area contributed by atoms with Crippen LogP contribution in [0.4, 0.5) is 0 Å². The molecule has 2 atom stereocenters. The van der Waals surface area contributed by atoms with E-state index in [0.29, 0.717) is 13.0 Å². The molecule has 120 valence electrons. The Bertz CT molecular complexity index is 542. The first-order valence-electron chi connectivity index (χ1n) is 7.30. The van der Waals surface area contributed by atoms with Gasteiger partial charge in [-0.25, -0.2) is 13.1 Å². The van der Waals surface area contributed by atoms with Crippen LogP contribution in [0.1, 0.15) is 46.6 Å². The number of nitrogens with one attached hydrogen (secondary N) is 1. The average Bonchev–Trinajstić information content (AvgIpc) is 2.35. The smallest absolute Gasteiger partial charge is 0.240 e. The molecule has 0 aliphatic carbocycles. The molecule has 1 aromatic carbocycles. The molecule has 0 saturated heterocycles. The van der Waals surface area contributed by atoms with Crippen molar-refractivity contribution in [2.45, 2.75) is 57.5 Å². The SMILES string of the molecule is CC(O)CC(C)CNS(=O)(=O)c1ccc(C(C)(C)C)cc1. The third-order valence-corrected chi connectivity index (χ3v) is 4.84. The van der Waals surface area contributed by atoms with E-state index in [0.717, 1.165) is 5.56 Å². The minimum absolute atomic E-state index is 0.00149. The predicted octanol–water partition coefficient (Wildman–Crippen LogP) is 2.67. The molecule has 0 fully saturated rings. The van der Waals surface area contributed by atoms with Crippen LogP contribution in [0.5, 0.6) is 0 Å². The highest BCUT2D eigenvalue weighted by Gasteiger charge is 2.18. The third-order valence-electron chi connectivity index (χ3n) is 3.40. The average molecular weight is 313 g/mol. The molecule has 2 unspecified atom stereocenters. The van der Waals surface area contributed by atoms with E-state index < -0.39 is 16.1 Å². The summed E-state index contributed by atoms with van der Waals surface area (Å²) in [7, 11) is -3.49. The zero-order valence-corrected chi connectivity index (χ0v) is 14.4. The van der Waals surface area contributed by atoms with Gasteiger partial charge in [0.25, 0.3) is 0 Å². The van der Waals surface area contributed by atoms with Gasteiger partial charge in [-0.1, -0.05) is 39.8 Å². The Morgan fingerprint density at radius 3 is 2.10 bits per heavy atom. The van der Waals surface area contributed by atoms with Crippen LogP contribution >= 0.6 is 0 Å². The van der Waals surface area contributed by atoms with Crippen molar-refractivity contribution in [3.63, 3.8) is 0 Å². The molecule has 4 nitrogen and oxygen atoms in total. The zero-order chi connectivity index (χ0) is 16.3. The van der Waals surface area contributed by atoms with Gasteiger partial charge in [0.05, 0.1) is 11.0 Å². The maximum atomic E-state index is 12.2. The highest BCUT2D eigenvalue weighted by molar-refractivity contribution is 7.89. The van der Waals surface area contributed by atoms with Gasteiger partial charge in [0.1, 0.15) is 0 Å².